The molecule has 2 aliphatic heterocycles. The minimum Gasteiger partial charge on any atom is -0.330 e. The highest BCUT2D eigenvalue weighted by atomic mass is 32.1. The second-order valence-corrected chi connectivity index (χ2v) is 10.1. The summed E-state index contributed by atoms with van der Waals surface area (Å²) in [4.78, 5) is 38.4. The van der Waals surface area contributed by atoms with Crippen molar-refractivity contribution < 1.29 is 9.59 Å². The molecule has 36 heavy (non-hydrogen) atoms. The number of thiazole rings is 1. The summed E-state index contributed by atoms with van der Waals surface area (Å²) in [6, 6.07) is 12.8. The van der Waals surface area contributed by atoms with Crippen molar-refractivity contribution in [3.63, 3.8) is 0 Å². The Kier molecular flexibility index (Phi) is 5.71. The number of rotatable bonds is 4. The summed E-state index contributed by atoms with van der Waals surface area (Å²) in [5.41, 5.74) is 3.91. The maximum Gasteiger partial charge on any atom is 0.274 e. The highest BCUT2D eigenvalue weighted by molar-refractivity contribution is 7.15. The molecule has 2 aliphatic rings. The second-order valence-electron chi connectivity index (χ2n) is 8.97. The molecule has 2 amide bonds. The van der Waals surface area contributed by atoms with Crippen LogP contribution in [0.4, 0.5) is 5.13 Å². The topological polar surface area (TPSA) is 115 Å². The van der Waals surface area contributed by atoms with Crippen LogP contribution in [0.2, 0.25) is 0 Å². The minimum atomic E-state index is -0.208. The van der Waals surface area contributed by atoms with Crippen LogP contribution >= 0.6 is 11.3 Å². The van der Waals surface area contributed by atoms with Crippen LogP contribution in [0.15, 0.2) is 48.8 Å². The van der Waals surface area contributed by atoms with Crippen LogP contribution < -0.4 is 10.6 Å². The molecule has 180 valence electrons. The molecule has 1 saturated heterocycles. The van der Waals surface area contributed by atoms with E-state index in [9.17, 15) is 9.59 Å². The van der Waals surface area contributed by atoms with Gasteiger partial charge in [-0.15, -0.1) is 11.3 Å². The van der Waals surface area contributed by atoms with Gasteiger partial charge in [0, 0.05) is 48.9 Å². The fourth-order valence-electron chi connectivity index (χ4n) is 4.89. The lowest BCUT2D eigenvalue weighted by atomic mass is 10.0. The molecule has 2 N–H and O–H groups in total. The molecule has 9 nitrogen and oxygen atoms in total. The number of fused-ring (bicyclic) bond motifs is 2. The quantitative estimate of drug-likeness (QED) is 0.446. The number of hydrogen-bond acceptors (Lipinski definition) is 7. The van der Waals surface area contributed by atoms with E-state index in [0.717, 1.165) is 43.6 Å². The van der Waals surface area contributed by atoms with Crippen molar-refractivity contribution in [2.75, 3.05) is 18.4 Å². The molecule has 1 fully saturated rings. The highest BCUT2D eigenvalue weighted by Crippen LogP contribution is 2.34. The van der Waals surface area contributed by atoms with Crippen LogP contribution in [0.1, 0.15) is 61.4 Å². The lowest BCUT2D eigenvalue weighted by Crippen LogP contribution is -2.31. The third kappa shape index (κ3) is 4.12. The number of nitrogens with zero attached hydrogens (tertiary/aromatic N) is 5. The molecule has 0 bridgehead atoms. The normalized spacial score (nSPS) is 17.1. The fourth-order valence-corrected chi connectivity index (χ4v) is 5.87. The summed E-state index contributed by atoms with van der Waals surface area (Å²) in [6.07, 6.45) is 5.98. The third-order valence-corrected chi connectivity index (χ3v) is 7.69. The number of nitrogens with one attached hydrogen (secondary N) is 2. The molecule has 0 spiro atoms. The number of likely N-dealkylation sites (tertiary alicyclic amines) is 1. The van der Waals surface area contributed by atoms with Gasteiger partial charge in [0.25, 0.3) is 11.8 Å². The van der Waals surface area contributed by atoms with Crippen LogP contribution in [0.25, 0.3) is 5.65 Å². The van der Waals surface area contributed by atoms with E-state index < -0.39 is 0 Å². The molecule has 0 saturated carbocycles. The molecule has 6 rings (SSSR count). The summed E-state index contributed by atoms with van der Waals surface area (Å²) in [5.74, 6) is -0.364. The number of carbonyl (C=O) groups is 2. The molecular weight excluding hydrogens is 474 g/mol. The number of amides is 2. The van der Waals surface area contributed by atoms with Gasteiger partial charge in [-0.2, -0.15) is 5.26 Å². The zero-order chi connectivity index (χ0) is 24.6. The van der Waals surface area contributed by atoms with Crippen molar-refractivity contribution in [3.8, 4) is 6.07 Å². The van der Waals surface area contributed by atoms with E-state index in [4.69, 9.17) is 5.26 Å². The number of benzene rings is 1. The number of anilines is 1. The average molecular weight is 498 g/mol. The first-order valence-corrected chi connectivity index (χ1v) is 12.7. The summed E-state index contributed by atoms with van der Waals surface area (Å²) in [6.45, 7) is 2.31. The van der Waals surface area contributed by atoms with Gasteiger partial charge >= 0.3 is 0 Å². The zero-order valence-corrected chi connectivity index (χ0v) is 20.2. The molecule has 0 radical (unpaired) electrons. The van der Waals surface area contributed by atoms with Crippen molar-refractivity contribution in [1.29, 1.82) is 5.26 Å². The molecule has 0 unspecified atom stereocenters. The van der Waals surface area contributed by atoms with Gasteiger partial charge < -0.3 is 14.6 Å². The van der Waals surface area contributed by atoms with Gasteiger partial charge in [-0.25, -0.2) is 9.97 Å². The van der Waals surface area contributed by atoms with Gasteiger partial charge in [0.15, 0.2) is 5.13 Å². The van der Waals surface area contributed by atoms with Gasteiger partial charge in [0.05, 0.1) is 23.4 Å². The summed E-state index contributed by atoms with van der Waals surface area (Å²) >= 11 is 1.51. The van der Waals surface area contributed by atoms with E-state index in [1.54, 1.807) is 35.0 Å². The number of carbonyl (C=O) groups excluding carboxylic acids is 2. The maximum absolute atomic E-state index is 13.4. The predicted octanol–water partition coefficient (Wildman–Crippen LogP) is 3.54. The minimum absolute atomic E-state index is 0.136. The Balaban J connectivity index is 1.21. The lowest BCUT2D eigenvalue weighted by molar-refractivity contribution is 0.0730. The smallest absolute Gasteiger partial charge is 0.274 e. The zero-order valence-electron chi connectivity index (χ0n) is 19.4. The van der Waals surface area contributed by atoms with Crippen molar-refractivity contribution in [2.24, 2.45) is 0 Å². The molecule has 1 atom stereocenters. The number of imidazole rings is 1. The van der Waals surface area contributed by atoms with Gasteiger partial charge in [0.1, 0.15) is 11.3 Å². The SMILES string of the molecule is N#Cc1ccn2cc(C(=O)N3CCC[C@@H]3c3cccc(C(=O)Nc4nc5c(s4)CNCC5)c3)nc2c1. The standard InChI is InChI=1S/C26H23N7O2S/c27-13-16-7-10-32-15-20(29-23(32)11-16)25(35)33-9-2-5-21(33)17-3-1-4-18(12-17)24(34)31-26-30-19-6-8-28-14-22(19)36-26/h1,3-4,7,10-12,15,21,28H,2,5-6,8-9,14H2,(H,30,31,34)/t21-/m1/s1. The van der Waals surface area contributed by atoms with E-state index in [2.05, 4.69) is 26.7 Å². The lowest BCUT2D eigenvalue weighted by Gasteiger charge is -2.24. The van der Waals surface area contributed by atoms with E-state index in [-0.39, 0.29) is 17.9 Å². The van der Waals surface area contributed by atoms with Crippen molar-refractivity contribution in [1.82, 2.24) is 24.6 Å². The van der Waals surface area contributed by atoms with E-state index in [1.807, 2.05) is 23.1 Å². The summed E-state index contributed by atoms with van der Waals surface area (Å²) < 4.78 is 1.75. The average Bonchev–Trinajstić information content (AvgIpc) is 3.65. The molecule has 4 aromatic rings. The molecule has 1 aromatic carbocycles. The van der Waals surface area contributed by atoms with Crippen molar-refractivity contribution >= 4 is 33.9 Å². The molecule has 5 heterocycles. The van der Waals surface area contributed by atoms with Gasteiger partial charge in [-0.1, -0.05) is 12.1 Å². The molecular formula is C26H23N7O2S. The Hall–Kier alpha value is -4.07. The molecule has 10 heteroatoms. The Bertz CT molecular complexity index is 1510. The van der Waals surface area contributed by atoms with Crippen molar-refractivity contribution in [3.05, 3.63) is 81.7 Å². The van der Waals surface area contributed by atoms with Gasteiger partial charge in [0.2, 0.25) is 0 Å². The molecule has 0 aliphatic carbocycles. The Labute approximate surface area is 211 Å². The third-order valence-electron chi connectivity index (χ3n) is 6.68. The summed E-state index contributed by atoms with van der Waals surface area (Å²) in [5, 5.41) is 16.0. The number of hydrogen-bond donors (Lipinski definition) is 2. The van der Waals surface area contributed by atoms with E-state index >= 15 is 0 Å². The number of nitriles is 1. The Morgan fingerprint density at radius 2 is 2.14 bits per heavy atom. The first-order valence-electron chi connectivity index (χ1n) is 11.9. The Morgan fingerprint density at radius 1 is 1.22 bits per heavy atom. The largest absolute Gasteiger partial charge is 0.330 e. The van der Waals surface area contributed by atoms with Crippen LogP contribution in [0.5, 0.6) is 0 Å². The van der Waals surface area contributed by atoms with Crippen LogP contribution in [-0.2, 0) is 13.0 Å². The van der Waals surface area contributed by atoms with Gasteiger partial charge in [-0.3, -0.25) is 14.9 Å². The summed E-state index contributed by atoms with van der Waals surface area (Å²) in [7, 11) is 0. The molecule has 3 aromatic heterocycles. The first-order chi connectivity index (χ1) is 17.6. The van der Waals surface area contributed by atoms with Gasteiger partial charge in [-0.05, 0) is 42.7 Å². The van der Waals surface area contributed by atoms with E-state index in [1.165, 1.54) is 16.2 Å². The highest BCUT2D eigenvalue weighted by Gasteiger charge is 2.32. The number of aromatic nitrogens is 3. The van der Waals surface area contributed by atoms with Crippen molar-refractivity contribution in [2.45, 2.75) is 31.8 Å². The van der Waals surface area contributed by atoms with Crippen LogP contribution in [0, 0.1) is 11.3 Å². The maximum atomic E-state index is 13.4. The predicted molar refractivity (Wildman–Crippen MR) is 135 cm³/mol. The van der Waals surface area contributed by atoms with E-state index in [0.29, 0.717) is 34.1 Å². The van der Waals surface area contributed by atoms with Crippen LogP contribution in [0.3, 0.4) is 0 Å². The Morgan fingerprint density at radius 3 is 3.00 bits per heavy atom. The van der Waals surface area contributed by atoms with Crippen LogP contribution in [-0.4, -0.2) is 44.2 Å². The number of pyridine rings is 1. The fraction of sp³-hybridized carbons (Fsp3) is 0.269. The monoisotopic (exact) mass is 497 g/mol. The second kappa shape index (κ2) is 9.18. The first kappa shape index (κ1) is 22.4.